The van der Waals surface area contributed by atoms with Gasteiger partial charge < -0.3 is 9.15 Å². The summed E-state index contributed by atoms with van der Waals surface area (Å²) in [5, 5.41) is 14.5. The molecule has 1 heterocycles. The molecule has 0 aliphatic heterocycles. The molecule has 0 radical (unpaired) electrons. The zero-order chi connectivity index (χ0) is 15.9. The number of furan rings is 1. The largest absolute Gasteiger partial charge is 0.477 e. The quantitative estimate of drug-likeness (QED) is 0.479. The van der Waals surface area contributed by atoms with Gasteiger partial charge in [0.05, 0.1) is 11.1 Å². The first kappa shape index (κ1) is 15.7. The second-order valence-corrected chi connectivity index (χ2v) is 4.73. The van der Waals surface area contributed by atoms with Gasteiger partial charge in [0.15, 0.2) is 17.0 Å². The Hall–Kier alpha value is -2.68. The van der Waals surface area contributed by atoms with Crippen LogP contribution in [0.4, 0.5) is 5.69 Å². The minimum atomic E-state index is -0.583. The first-order chi connectivity index (χ1) is 10.6. The molecule has 1 aromatic carbocycles. The number of nitrogens with zero attached hydrogens (tertiary/aromatic N) is 2. The van der Waals surface area contributed by atoms with Crippen LogP contribution in [0.15, 0.2) is 50.6 Å². The van der Waals surface area contributed by atoms with Crippen LogP contribution in [0, 0.1) is 10.1 Å². The number of para-hydroxylation sites is 2. The lowest BCUT2D eigenvalue weighted by Gasteiger charge is -2.05. The van der Waals surface area contributed by atoms with Crippen LogP contribution in [0.25, 0.3) is 0 Å². The molecule has 8 nitrogen and oxygen atoms in total. The molecule has 0 saturated carbocycles. The van der Waals surface area contributed by atoms with Crippen molar-refractivity contribution in [3.05, 3.63) is 56.9 Å². The van der Waals surface area contributed by atoms with Crippen LogP contribution in [0.2, 0.25) is 0 Å². The normalized spacial score (nSPS) is 10.6. The maximum atomic E-state index is 11.5. The molecule has 1 N–H and O–H groups in total. The topological polar surface area (TPSA) is 107 Å². The van der Waals surface area contributed by atoms with Crippen LogP contribution in [-0.4, -0.2) is 23.7 Å². The summed E-state index contributed by atoms with van der Waals surface area (Å²) in [6.07, 6.45) is 1.31. The monoisotopic (exact) mass is 367 g/mol. The molecule has 0 unspecified atom stereocenters. The number of ether oxygens (including phenoxy) is 1. The predicted octanol–water partition coefficient (Wildman–Crippen LogP) is 2.48. The van der Waals surface area contributed by atoms with Crippen molar-refractivity contribution in [3.63, 3.8) is 0 Å². The number of hydrazone groups is 1. The molecule has 0 aliphatic rings. The van der Waals surface area contributed by atoms with E-state index in [2.05, 4.69) is 26.5 Å². The number of nitrogens with one attached hydrogen (secondary N) is 1. The second kappa shape index (κ2) is 7.36. The molecule has 2 aromatic rings. The van der Waals surface area contributed by atoms with Crippen LogP contribution in [0.1, 0.15) is 5.76 Å². The van der Waals surface area contributed by atoms with E-state index in [-0.39, 0.29) is 11.4 Å². The number of hydrogen-bond donors (Lipinski definition) is 1. The number of carbonyl (C=O) groups is 1. The van der Waals surface area contributed by atoms with Crippen molar-refractivity contribution in [2.75, 3.05) is 6.61 Å². The van der Waals surface area contributed by atoms with E-state index < -0.39 is 17.4 Å². The first-order valence-corrected chi connectivity index (χ1v) is 6.79. The van der Waals surface area contributed by atoms with Crippen molar-refractivity contribution < 1.29 is 18.9 Å². The average Bonchev–Trinajstić information content (AvgIpc) is 2.91. The maximum absolute atomic E-state index is 11.5. The van der Waals surface area contributed by atoms with E-state index in [1.54, 1.807) is 18.2 Å². The molecule has 2 rings (SSSR count). The van der Waals surface area contributed by atoms with Crippen LogP contribution in [-0.2, 0) is 4.79 Å². The van der Waals surface area contributed by atoms with Gasteiger partial charge in [-0.25, -0.2) is 5.43 Å². The van der Waals surface area contributed by atoms with Gasteiger partial charge >= 0.3 is 5.69 Å². The fraction of sp³-hybridized carbons (Fsp3) is 0.0769. The molecule has 0 spiro atoms. The zero-order valence-corrected chi connectivity index (χ0v) is 12.6. The standard InChI is InChI=1S/C13H10BrN3O5/c14-12-6-5-9(22-12)7-15-16-13(18)8-21-11-4-2-1-3-10(11)17(19)20/h1-7H,8H2,(H,16,18). The van der Waals surface area contributed by atoms with Gasteiger partial charge in [0.1, 0.15) is 5.76 Å². The Balaban J connectivity index is 1.85. The van der Waals surface area contributed by atoms with Crippen molar-refractivity contribution in [1.82, 2.24) is 5.43 Å². The van der Waals surface area contributed by atoms with Gasteiger partial charge in [-0.15, -0.1) is 0 Å². The smallest absolute Gasteiger partial charge is 0.310 e. The highest BCUT2D eigenvalue weighted by atomic mass is 79.9. The highest BCUT2D eigenvalue weighted by molar-refractivity contribution is 9.10. The van der Waals surface area contributed by atoms with Crippen molar-refractivity contribution in [2.45, 2.75) is 0 Å². The Morgan fingerprint density at radius 1 is 1.41 bits per heavy atom. The molecule has 0 bridgehead atoms. The summed E-state index contributed by atoms with van der Waals surface area (Å²) in [6.45, 7) is -0.399. The summed E-state index contributed by atoms with van der Waals surface area (Å²) >= 11 is 3.13. The fourth-order valence-corrected chi connectivity index (χ4v) is 1.79. The van der Waals surface area contributed by atoms with Crippen LogP contribution in [0.3, 0.4) is 0 Å². The lowest BCUT2D eigenvalue weighted by molar-refractivity contribution is -0.385. The molecule has 0 aliphatic carbocycles. The Labute approximate surface area is 133 Å². The summed E-state index contributed by atoms with van der Waals surface area (Å²) in [6, 6.07) is 9.13. The highest BCUT2D eigenvalue weighted by Gasteiger charge is 2.14. The number of halogens is 1. The predicted molar refractivity (Wildman–Crippen MR) is 80.7 cm³/mol. The third kappa shape index (κ3) is 4.42. The van der Waals surface area contributed by atoms with E-state index in [9.17, 15) is 14.9 Å². The molecular weight excluding hydrogens is 358 g/mol. The molecule has 22 heavy (non-hydrogen) atoms. The molecule has 0 saturated heterocycles. The zero-order valence-electron chi connectivity index (χ0n) is 11.1. The first-order valence-electron chi connectivity index (χ1n) is 5.99. The van der Waals surface area contributed by atoms with Gasteiger partial charge in [0.25, 0.3) is 5.91 Å². The van der Waals surface area contributed by atoms with Crippen LogP contribution in [0.5, 0.6) is 5.75 Å². The number of hydrogen-bond acceptors (Lipinski definition) is 6. The van der Waals surface area contributed by atoms with Gasteiger partial charge in [0, 0.05) is 6.07 Å². The fourth-order valence-electron chi connectivity index (χ4n) is 1.47. The summed E-state index contributed by atoms with van der Waals surface area (Å²) in [4.78, 5) is 21.7. The lowest BCUT2D eigenvalue weighted by Crippen LogP contribution is -2.24. The number of carbonyl (C=O) groups excluding carboxylic acids is 1. The summed E-state index contributed by atoms with van der Waals surface area (Å²) < 4.78 is 10.8. The van der Waals surface area contributed by atoms with Crippen molar-refractivity contribution in [2.24, 2.45) is 5.10 Å². The SMILES string of the molecule is O=C(COc1ccccc1[N+](=O)[O-])NN=Cc1ccc(Br)o1. The van der Waals surface area contributed by atoms with Crippen molar-refractivity contribution in [1.29, 1.82) is 0 Å². The Kier molecular flexibility index (Phi) is 5.26. The van der Waals surface area contributed by atoms with E-state index >= 15 is 0 Å². The number of amides is 1. The van der Waals surface area contributed by atoms with Gasteiger partial charge in [-0.2, -0.15) is 5.10 Å². The van der Waals surface area contributed by atoms with E-state index in [0.29, 0.717) is 10.4 Å². The lowest BCUT2D eigenvalue weighted by atomic mass is 10.3. The highest BCUT2D eigenvalue weighted by Crippen LogP contribution is 2.25. The third-order valence-electron chi connectivity index (χ3n) is 2.40. The average molecular weight is 368 g/mol. The molecule has 1 amide bonds. The van der Waals surface area contributed by atoms with Gasteiger partial charge in [0.2, 0.25) is 0 Å². The number of rotatable bonds is 6. The Morgan fingerprint density at radius 3 is 2.86 bits per heavy atom. The van der Waals surface area contributed by atoms with Crippen LogP contribution >= 0.6 is 15.9 Å². The number of nitro groups is 1. The summed E-state index contributed by atoms with van der Waals surface area (Å²) in [5.74, 6) is -0.0894. The molecule has 114 valence electrons. The van der Waals surface area contributed by atoms with Gasteiger partial charge in [-0.3, -0.25) is 14.9 Å². The Morgan fingerprint density at radius 2 is 2.18 bits per heavy atom. The third-order valence-corrected chi connectivity index (χ3v) is 2.82. The number of nitro benzene ring substituents is 1. The molecule has 0 fully saturated rings. The molecule has 9 heteroatoms. The van der Waals surface area contributed by atoms with E-state index in [4.69, 9.17) is 9.15 Å². The van der Waals surface area contributed by atoms with E-state index in [1.165, 1.54) is 24.4 Å². The van der Waals surface area contributed by atoms with E-state index in [1.807, 2.05) is 0 Å². The van der Waals surface area contributed by atoms with Gasteiger partial charge in [-0.1, -0.05) is 12.1 Å². The Bertz CT molecular complexity index is 713. The maximum Gasteiger partial charge on any atom is 0.310 e. The van der Waals surface area contributed by atoms with Crippen molar-refractivity contribution in [3.8, 4) is 5.75 Å². The summed E-state index contributed by atoms with van der Waals surface area (Å²) in [7, 11) is 0. The van der Waals surface area contributed by atoms with Crippen LogP contribution < -0.4 is 10.2 Å². The molecule has 1 aromatic heterocycles. The van der Waals surface area contributed by atoms with Gasteiger partial charge in [-0.05, 0) is 34.1 Å². The second-order valence-electron chi connectivity index (χ2n) is 3.95. The molecular formula is C13H10BrN3O5. The summed E-state index contributed by atoms with van der Waals surface area (Å²) in [5.41, 5.74) is 2.01. The number of benzene rings is 1. The molecule has 0 atom stereocenters. The minimum absolute atomic E-state index is 0.0154. The van der Waals surface area contributed by atoms with Crippen molar-refractivity contribution >= 4 is 33.7 Å². The minimum Gasteiger partial charge on any atom is -0.477 e. The van der Waals surface area contributed by atoms with E-state index in [0.717, 1.165) is 0 Å².